The number of esters is 1. The Morgan fingerprint density at radius 1 is 0.634 bits per heavy atom. The Morgan fingerprint density at radius 3 is 1.65 bits per heavy atom. The topological polar surface area (TPSA) is 254 Å². The number of phenols is 1. The van der Waals surface area contributed by atoms with Crippen molar-refractivity contribution in [3.8, 4) is 5.75 Å². The standard InChI is InChI=1S/C53H91N3O15/c1-10-12-14-16-18-20-22-24-65-32-53(9,33-66-25-23-21-19-17-15-13-11-2)34-67-30-36-28-56(55-54-36)29-39-42(58)44(60)46(62)49(69-39)71-50-47(63)45(61)43(59)40(70-50)31-68-48(64)37-26-35(51(3,4)5)27-38(41(37)57)52(6,7)8/h26-28,39-40,42-47,49-50,57-63H,10-25,29-34H2,1-9H3/t39-,40-,42-,43-,44+,45+,46-,47-,49-,50-/m1/s1. The van der Waals surface area contributed by atoms with E-state index in [4.69, 9.17) is 33.2 Å². The van der Waals surface area contributed by atoms with E-state index in [-0.39, 0.29) is 29.9 Å². The van der Waals surface area contributed by atoms with Crippen LogP contribution >= 0.6 is 0 Å². The zero-order chi connectivity index (χ0) is 52.4. The molecule has 2 aromatic rings. The van der Waals surface area contributed by atoms with Gasteiger partial charge >= 0.3 is 5.97 Å². The lowest BCUT2D eigenvalue weighted by Gasteiger charge is -2.44. The zero-order valence-corrected chi connectivity index (χ0v) is 44.3. The maximum Gasteiger partial charge on any atom is 0.342 e. The number of aliphatic hydroxyl groups excluding tert-OH is 6. The predicted molar refractivity (Wildman–Crippen MR) is 266 cm³/mol. The van der Waals surface area contributed by atoms with Crippen LogP contribution in [-0.2, 0) is 57.1 Å². The van der Waals surface area contributed by atoms with Crippen LogP contribution < -0.4 is 0 Å². The summed E-state index contributed by atoms with van der Waals surface area (Å²) in [6.45, 7) is 20.2. The molecule has 2 aliphatic rings. The van der Waals surface area contributed by atoms with Gasteiger partial charge in [-0.15, -0.1) is 5.10 Å². The third kappa shape index (κ3) is 19.1. The summed E-state index contributed by atoms with van der Waals surface area (Å²) >= 11 is 0. The Hall–Kier alpha value is -2.85. The van der Waals surface area contributed by atoms with E-state index in [1.165, 1.54) is 68.9 Å². The number of aromatic nitrogens is 3. The van der Waals surface area contributed by atoms with E-state index in [2.05, 4.69) is 31.1 Å². The summed E-state index contributed by atoms with van der Waals surface area (Å²) in [7, 11) is 0. The van der Waals surface area contributed by atoms with Gasteiger partial charge in [0.25, 0.3) is 0 Å². The van der Waals surface area contributed by atoms with Gasteiger partial charge in [-0.05, 0) is 35.3 Å². The second-order valence-electron chi connectivity index (χ2n) is 22.3. The monoisotopic (exact) mass is 1010 g/mol. The first-order valence-corrected chi connectivity index (χ1v) is 26.3. The summed E-state index contributed by atoms with van der Waals surface area (Å²) in [5.41, 5.74) is 0.390. The van der Waals surface area contributed by atoms with Crippen LogP contribution in [0.15, 0.2) is 18.3 Å². The lowest BCUT2D eigenvalue weighted by atomic mass is 9.79. The average Bonchev–Trinajstić information content (AvgIpc) is 3.76. The van der Waals surface area contributed by atoms with Gasteiger partial charge in [0.1, 0.15) is 72.4 Å². The summed E-state index contributed by atoms with van der Waals surface area (Å²) in [4.78, 5) is 13.5. The van der Waals surface area contributed by atoms with Crippen molar-refractivity contribution in [3.05, 3.63) is 40.7 Å². The number of nitrogens with zero attached hydrogens (tertiary/aromatic N) is 3. The Balaban J connectivity index is 1.33. The Labute approximate surface area is 422 Å². The van der Waals surface area contributed by atoms with Crippen LogP contribution in [-0.4, -0.2) is 158 Å². The number of rotatable bonds is 31. The van der Waals surface area contributed by atoms with Crippen molar-refractivity contribution in [2.45, 2.75) is 238 Å². The molecular weight excluding hydrogens is 919 g/mol. The molecule has 0 radical (unpaired) electrons. The largest absolute Gasteiger partial charge is 0.507 e. The minimum Gasteiger partial charge on any atom is -0.507 e. The second-order valence-corrected chi connectivity index (χ2v) is 22.3. The smallest absolute Gasteiger partial charge is 0.342 e. The molecule has 1 aromatic heterocycles. The van der Waals surface area contributed by atoms with Crippen molar-refractivity contribution in [2.75, 3.05) is 39.6 Å². The second kappa shape index (κ2) is 29.3. The quantitative estimate of drug-likeness (QED) is 0.0332. The molecule has 0 unspecified atom stereocenters. The maximum atomic E-state index is 13.5. The third-order valence-corrected chi connectivity index (χ3v) is 13.3. The Kier molecular flexibility index (Phi) is 25.0. The fraction of sp³-hybridized carbons (Fsp3) is 0.830. The van der Waals surface area contributed by atoms with Gasteiger partial charge in [0, 0.05) is 24.2 Å². The molecule has 0 amide bonds. The summed E-state index contributed by atoms with van der Waals surface area (Å²) in [5, 5.41) is 84.9. The number of carbonyl (C=O) groups excluding carboxylic acids is 1. The van der Waals surface area contributed by atoms with Gasteiger partial charge in [0.15, 0.2) is 12.6 Å². The number of aliphatic hydroxyl groups is 6. The highest BCUT2D eigenvalue weighted by atomic mass is 16.8. The summed E-state index contributed by atoms with van der Waals surface area (Å²) < 4.78 is 42.9. The number of phenolic OH excluding ortho intramolecular Hbond substituents is 1. The summed E-state index contributed by atoms with van der Waals surface area (Å²) in [6.07, 6.45) is 1.55. The van der Waals surface area contributed by atoms with Crippen LogP contribution in [0.4, 0.5) is 0 Å². The summed E-state index contributed by atoms with van der Waals surface area (Å²) in [6, 6.07) is 3.39. The van der Waals surface area contributed by atoms with E-state index < -0.39 is 84.8 Å². The number of hydrogen-bond acceptors (Lipinski definition) is 17. The van der Waals surface area contributed by atoms with Gasteiger partial charge in [-0.2, -0.15) is 0 Å². The Morgan fingerprint density at radius 2 is 1.13 bits per heavy atom. The van der Waals surface area contributed by atoms with Gasteiger partial charge in [-0.25, -0.2) is 9.48 Å². The highest BCUT2D eigenvalue weighted by Crippen LogP contribution is 2.38. The number of ether oxygens (including phenoxy) is 7. The lowest BCUT2D eigenvalue weighted by molar-refractivity contribution is -0.375. The van der Waals surface area contributed by atoms with E-state index in [1.807, 2.05) is 47.6 Å². The van der Waals surface area contributed by atoms with Crippen LogP contribution in [0, 0.1) is 5.41 Å². The number of benzene rings is 1. The molecule has 7 N–H and O–H groups in total. The molecular formula is C53H91N3O15. The molecule has 408 valence electrons. The van der Waals surface area contributed by atoms with Crippen LogP contribution in [0.1, 0.15) is 179 Å². The van der Waals surface area contributed by atoms with Crippen molar-refractivity contribution in [1.82, 2.24) is 15.0 Å². The normalized spacial score (nSPS) is 25.5. The van der Waals surface area contributed by atoms with Crippen LogP contribution in [0.2, 0.25) is 0 Å². The molecule has 18 heteroatoms. The van der Waals surface area contributed by atoms with Gasteiger partial charge in [0.2, 0.25) is 0 Å². The lowest BCUT2D eigenvalue weighted by Crippen LogP contribution is -2.63. The van der Waals surface area contributed by atoms with Gasteiger partial charge in [-0.3, -0.25) is 0 Å². The molecule has 2 saturated heterocycles. The van der Waals surface area contributed by atoms with Gasteiger partial charge < -0.3 is 68.9 Å². The van der Waals surface area contributed by atoms with E-state index in [9.17, 15) is 40.5 Å². The number of unbranched alkanes of at least 4 members (excludes halogenated alkanes) is 12. The maximum absolute atomic E-state index is 13.5. The van der Waals surface area contributed by atoms with Crippen LogP contribution in [0.5, 0.6) is 5.75 Å². The molecule has 71 heavy (non-hydrogen) atoms. The highest BCUT2D eigenvalue weighted by molar-refractivity contribution is 5.93. The fourth-order valence-corrected chi connectivity index (χ4v) is 8.67. The van der Waals surface area contributed by atoms with Crippen molar-refractivity contribution >= 4 is 5.97 Å². The third-order valence-electron chi connectivity index (χ3n) is 13.3. The van der Waals surface area contributed by atoms with E-state index >= 15 is 0 Å². The van der Waals surface area contributed by atoms with Gasteiger partial charge in [0.05, 0.1) is 39.2 Å². The highest BCUT2D eigenvalue weighted by Gasteiger charge is 2.50. The molecule has 3 heterocycles. The van der Waals surface area contributed by atoms with E-state index in [0.717, 1.165) is 31.2 Å². The van der Waals surface area contributed by atoms with Crippen LogP contribution in [0.25, 0.3) is 0 Å². The molecule has 0 saturated carbocycles. The molecule has 18 nitrogen and oxygen atoms in total. The molecule has 1 aromatic carbocycles. The van der Waals surface area contributed by atoms with Crippen molar-refractivity contribution in [3.63, 3.8) is 0 Å². The molecule has 2 aliphatic heterocycles. The van der Waals surface area contributed by atoms with Crippen molar-refractivity contribution in [2.24, 2.45) is 5.41 Å². The van der Waals surface area contributed by atoms with E-state index in [0.29, 0.717) is 44.3 Å². The predicted octanol–water partition coefficient (Wildman–Crippen LogP) is 6.12. The molecule has 4 rings (SSSR count). The number of hydrogen-bond donors (Lipinski definition) is 7. The molecule has 0 spiro atoms. The van der Waals surface area contributed by atoms with Crippen molar-refractivity contribution in [1.29, 1.82) is 0 Å². The van der Waals surface area contributed by atoms with Crippen molar-refractivity contribution < 1.29 is 73.7 Å². The first kappa shape index (κ1) is 60.7. The SMILES string of the molecule is CCCCCCCCCOCC(C)(COCCCCCCCCC)COCc1cn(C[C@H]2O[C@H](O[C@H]3O[C@H](COC(=O)c4cc(C(C)(C)C)cc(C(C)(C)C)c4O)[C@@H](O)[C@H](O)[C@H]3O)[C@H](O)[C@@H](O)[C@@H]2O)nn1. The first-order valence-electron chi connectivity index (χ1n) is 26.3. The summed E-state index contributed by atoms with van der Waals surface area (Å²) in [5.74, 6) is -1.17. The fourth-order valence-electron chi connectivity index (χ4n) is 8.67. The average molecular weight is 1010 g/mol. The molecule has 10 atom stereocenters. The molecule has 0 bridgehead atoms. The van der Waals surface area contributed by atoms with Crippen LogP contribution in [0.3, 0.4) is 0 Å². The number of carbonyl (C=O) groups is 1. The number of aromatic hydroxyl groups is 1. The zero-order valence-electron chi connectivity index (χ0n) is 44.3. The first-order chi connectivity index (χ1) is 33.6. The minimum absolute atomic E-state index is 0.0993. The minimum atomic E-state index is -1.88. The molecule has 2 fully saturated rings. The van der Waals surface area contributed by atoms with Gasteiger partial charge in [-0.1, -0.05) is 151 Å². The van der Waals surface area contributed by atoms with E-state index in [1.54, 1.807) is 12.3 Å². The Bertz CT molecular complexity index is 1810. The molecule has 0 aliphatic carbocycles.